The van der Waals surface area contributed by atoms with Crippen molar-refractivity contribution in [2.75, 3.05) is 51.0 Å². The minimum atomic E-state index is -4.44. The van der Waals surface area contributed by atoms with Crippen LogP contribution in [0.2, 0.25) is 0 Å². The third-order valence-corrected chi connectivity index (χ3v) is 7.38. The second-order valence-electron chi connectivity index (χ2n) is 11.9. The van der Waals surface area contributed by atoms with Gasteiger partial charge in [-0.2, -0.15) is 13.2 Å². The van der Waals surface area contributed by atoms with E-state index in [1.165, 1.54) is 17.7 Å². The maximum atomic E-state index is 12.9. The molecule has 2 amide bonds. The molecule has 0 saturated carbocycles. The zero-order valence-corrected chi connectivity index (χ0v) is 29.3. The number of hydrogen-bond acceptors (Lipinski definition) is 6. The highest BCUT2D eigenvalue weighted by Gasteiger charge is 2.30. The van der Waals surface area contributed by atoms with Gasteiger partial charge in [-0.3, -0.25) is 9.59 Å². The van der Waals surface area contributed by atoms with Crippen molar-refractivity contribution in [3.05, 3.63) is 119 Å². The number of ether oxygens (including phenoxy) is 1. The Kier molecular flexibility index (Phi) is 15.3. The van der Waals surface area contributed by atoms with Gasteiger partial charge in [-0.15, -0.1) is 0 Å². The predicted octanol–water partition coefficient (Wildman–Crippen LogP) is 7.87. The highest BCUT2D eigenvalue weighted by atomic mass is 19.4. The quantitative estimate of drug-likeness (QED) is 0.165. The number of hydrogen-bond donors (Lipinski definition) is 3. The summed E-state index contributed by atoms with van der Waals surface area (Å²) in [5, 5.41) is 15.3. The lowest BCUT2D eigenvalue weighted by molar-refractivity contribution is -0.137. The molecule has 11 heteroatoms. The molecule has 3 N–H and O–H groups in total. The van der Waals surface area contributed by atoms with Crippen LogP contribution in [-0.4, -0.2) is 67.1 Å². The Morgan fingerprint density at radius 3 is 2.12 bits per heavy atom. The smallest absolute Gasteiger partial charge is 0.416 e. The van der Waals surface area contributed by atoms with Gasteiger partial charge >= 0.3 is 6.18 Å². The zero-order chi connectivity index (χ0) is 36.7. The van der Waals surface area contributed by atoms with Gasteiger partial charge in [0.05, 0.1) is 36.4 Å². The molecule has 1 heterocycles. The summed E-state index contributed by atoms with van der Waals surface area (Å²) in [5.74, 6) is -0.511. The van der Waals surface area contributed by atoms with Crippen LogP contribution < -0.4 is 15.4 Å². The maximum absolute atomic E-state index is 12.9. The van der Waals surface area contributed by atoms with Crippen molar-refractivity contribution in [3.63, 3.8) is 0 Å². The number of rotatable bonds is 9. The minimum Gasteiger partial charge on any atom is -0.490 e. The molecule has 0 aromatic heterocycles. The van der Waals surface area contributed by atoms with Crippen LogP contribution >= 0.6 is 0 Å². The third-order valence-electron chi connectivity index (χ3n) is 7.38. The number of benzene rings is 4. The number of amides is 2. The first-order chi connectivity index (χ1) is 23.9. The number of carbonyl (C=O) groups excluding carboxylic acids is 2. The normalized spacial score (nSPS) is 14.1. The highest BCUT2D eigenvalue weighted by molar-refractivity contribution is 6.01. The topological polar surface area (TPSA) is 94.1 Å². The van der Waals surface area contributed by atoms with Crippen LogP contribution in [0.5, 0.6) is 5.75 Å². The molecular formula is C39H47F3N4O4. The zero-order valence-electron chi connectivity index (χ0n) is 29.3. The van der Waals surface area contributed by atoms with E-state index >= 15 is 0 Å². The Balaban J connectivity index is 0.000000299. The van der Waals surface area contributed by atoms with E-state index in [9.17, 15) is 27.9 Å². The molecule has 1 aliphatic rings. The molecule has 0 unspecified atom stereocenters. The number of para-hydroxylation sites is 2. The number of anilines is 3. The summed E-state index contributed by atoms with van der Waals surface area (Å²) in [7, 11) is 4.16. The molecule has 0 saturated heterocycles. The molecular weight excluding hydrogens is 645 g/mol. The van der Waals surface area contributed by atoms with Crippen LogP contribution in [0.3, 0.4) is 0 Å². The van der Waals surface area contributed by atoms with Crippen LogP contribution in [-0.2, 0) is 23.9 Å². The summed E-state index contributed by atoms with van der Waals surface area (Å²) in [6.45, 7) is 7.66. The Morgan fingerprint density at radius 1 is 0.900 bits per heavy atom. The summed E-state index contributed by atoms with van der Waals surface area (Å²) in [5.41, 5.74) is 3.78. The van der Waals surface area contributed by atoms with Crippen LogP contribution in [0.15, 0.2) is 97.1 Å². The van der Waals surface area contributed by atoms with Crippen LogP contribution in [0, 0.1) is 5.92 Å². The molecule has 0 bridgehead atoms. The Morgan fingerprint density at radius 2 is 1.52 bits per heavy atom. The summed E-state index contributed by atoms with van der Waals surface area (Å²) in [6.07, 6.45) is -4.57. The van der Waals surface area contributed by atoms with E-state index < -0.39 is 17.6 Å². The van der Waals surface area contributed by atoms with Crippen molar-refractivity contribution in [1.82, 2.24) is 9.80 Å². The number of alkyl halides is 3. The first-order valence-electron chi connectivity index (χ1n) is 16.6. The van der Waals surface area contributed by atoms with Gasteiger partial charge in [0, 0.05) is 36.9 Å². The van der Waals surface area contributed by atoms with Crippen molar-refractivity contribution < 1.29 is 32.6 Å². The largest absolute Gasteiger partial charge is 0.490 e. The molecule has 0 fully saturated rings. The number of aliphatic hydroxyl groups is 1. The molecule has 4 aromatic carbocycles. The molecule has 50 heavy (non-hydrogen) atoms. The van der Waals surface area contributed by atoms with E-state index in [0.29, 0.717) is 24.4 Å². The van der Waals surface area contributed by atoms with Gasteiger partial charge in [-0.1, -0.05) is 69.3 Å². The summed E-state index contributed by atoms with van der Waals surface area (Å²) < 4.78 is 43.9. The average molecular weight is 693 g/mol. The maximum Gasteiger partial charge on any atom is 0.416 e. The number of fused-ring (bicyclic) bond motifs is 1. The molecule has 1 atom stereocenters. The fourth-order valence-electron chi connectivity index (χ4n) is 5.12. The summed E-state index contributed by atoms with van der Waals surface area (Å²) >= 11 is 0. The lowest BCUT2D eigenvalue weighted by Gasteiger charge is -2.30. The van der Waals surface area contributed by atoms with Crippen LogP contribution in [0.4, 0.5) is 30.2 Å². The highest BCUT2D eigenvalue weighted by Crippen LogP contribution is 2.33. The van der Waals surface area contributed by atoms with Crippen molar-refractivity contribution in [1.29, 1.82) is 0 Å². The molecule has 4 aromatic rings. The molecule has 8 nitrogen and oxygen atoms in total. The second kappa shape index (κ2) is 19.4. The van der Waals surface area contributed by atoms with E-state index in [1.54, 1.807) is 23.1 Å². The first-order valence-corrected chi connectivity index (χ1v) is 16.6. The van der Waals surface area contributed by atoms with E-state index in [0.717, 1.165) is 30.1 Å². The van der Waals surface area contributed by atoms with Gasteiger partial charge in [-0.05, 0) is 73.8 Å². The predicted molar refractivity (Wildman–Crippen MR) is 193 cm³/mol. The van der Waals surface area contributed by atoms with Crippen molar-refractivity contribution in [2.24, 2.45) is 5.92 Å². The number of aliphatic hydroxyl groups excluding tert-OH is 1. The molecule has 0 spiro atoms. The van der Waals surface area contributed by atoms with Crippen molar-refractivity contribution in [2.45, 2.75) is 39.9 Å². The van der Waals surface area contributed by atoms with Gasteiger partial charge in [0.2, 0.25) is 5.91 Å². The Bertz CT molecular complexity index is 1630. The van der Waals surface area contributed by atoms with Crippen LogP contribution in [0.1, 0.15) is 47.8 Å². The third kappa shape index (κ3) is 12.2. The first kappa shape index (κ1) is 39.6. The van der Waals surface area contributed by atoms with E-state index in [-0.39, 0.29) is 42.7 Å². The van der Waals surface area contributed by atoms with E-state index in [2.05, 4.69) is 66.0 Å². The number of nitrogens with zero attached hydrogens (tertiary/aromatic N) is 2. The van der Waals surface area contributed by atoms with Crippen LogP contribution in [0.25, 0.3) is 0 Å². The van der Waals surface area contributed by atoms with Crippen molar-refractivity contribution >= 4 is 28.9 Å². The van der Waals surface area contributed by atoms with Gasteiger partial charge < -0.3 is 30.3 Å². The number of nitrogens with one attached hydrogen (secondary N) is 2. The monoisotopic (exact) mass is 692 g/mol. The number of carbonyl (C=O) groups is 2. The van der Waals surface area contributed by atoms with Crippen molar-refractivity contribution in [3.8, 4) is 5.75 Å². The van der Waals surface area contributed by atoms with Gasteiger partial charge in [0.15, 0.2) is 5.75 Å². The SMILES string of the molecule is CC.CN(C)Cc1ccc(Nc2ccccc2)cc1.C[C@H]1COc2c(NC(=O)Cc3ccc(C(F)(F)F)cc3)cccc2C(=O)N(CCO)C1. The fraction of sp³-hybridized carbons (Fsp3) is 0.333. The summed E-state index contributed by atoms with van der Waals surface area (Å²) in [6, 6.07) is 27.9. The molecule has 5 rings (SSSR count). The molecule has 0 radical (unpaired) electrons. The van der Waals surface area contributed by atoms with Gasteiger partial charge in [0.1, 0.15) is 0 Å². The average Bonchev–Trinajstić information content (AvgIpc) is 3.09. The van der Waals surface area contributed by atoms with Gasteiger partial charge in [0.25, 0.3) is 5.91 Å². The molecule has 1 aliphatic heterocycles. The molecule has 268 valence electrons. The second-order valence-corrected chi connectivity index (χ2v) is 11.9. The minimum absolute atomic E-state index is 0.0135. The lowest BCUT2D eigenvalue weighted by atomic mass is 10.1. The lowest BCUT2D eigenvalue weighted by Crippen LogP contribution is -2.40. The Labute approximate surface area is 292 Å². The van der Waals surface area contributed by atoms with Gasteiger partial charge in [-0.25, -0.2) is 0 Å². The van der Waals surface area contributed by atoms with E-state index in [1.807, 2.05) is 39.0 Å². The summed E-state index contributed by atoms with van der Waals surface area (Å²) in [4.78, 5) is 29.1. The van der Waals surface area contributed by atoms with E-state index in [4.69, 9.17) is 4.74 Å². The molecule has 0 aliphatic carbocycles. The fourth-order valence-corrected chi connectivity index (χ4v) is 5.12. The number of β-amino-alcohol motifs (C(OH)–C–C–N with tert-alkyl or cyclic N) is 1. The number of halogens is 3. The Hall–Kier alpha value is -4.87. The standard InChI is InChI=1S/C22H23F3N2O4.C15H18N2.C2H6/c1-14-12-27(9-10-28)21(30)17-3-2-4-18(20(17)31-13-14)26-19(29)11-15-5-7-16(8-6-15)22(23,24)25;1-17(2)12-13-8-10-15(11-9-13)16-14-6-4-3-5-7-14;1-2/h2-8,14,28H,9-13H2,1H3,(H,26,29);3-11,16H,12H2,1-2H3;1-2H3/t14-;;/m1../s1.